The van der Waals surface area contributed by atoms with E-state index in [4.69, 9.17) is 0 Å². The molecule has 6 heteroatoms. The zero-order valence-electron chi connectivity index (χ0n) is 13.4. The predicted octanol–water partition coefficient (Wildman–Crippen LogP) is 2.05. The Morgan fingerprint density at radius 3 is 2.95 bits per heavy atom. The number of hydrogen-bond acceptors (Lipinski definition) is 5. The molecular weight excluding hydrogens is 276 g/mol. The third-order valence-corrected chi connectivity index (χ3v) is 5.24. The number of aromatic nitrogens is 4. The van der Waals surface area contributed by atoms with Gasteiger partial charge in [-0.15, -0.1) is 0 Å². The molecule has 0 saturated carbocycles. The summed E-state index contributed by atoms with van der Waals surface area (Å²) in [4.78, 5) is 21.4. The molecule has 118 valence electrons. The molecular formula is C16H24N6. The van der Waals surface area contributed by atoms with Gasteiger partial charge in [-0.1, -0.05) is 6.42 Å². The molecule has 0 radical (unpaired) electrons. The summed E-state index contributed by atoms with van der Waals surface area (Å²) in [6, 6.07) is 1.26. The highest BCUT2D eigenvalue weighted by Crippen LogP contribution is 2.34. The maximum absolute atomic E-state index is 4.54. The van der Waals surface area contributed by atoms with Crippen LogP contribution >= 0.6 is 0 Å². The van der Waals surface area contributed by atoms with Crippen LogP contribution in [0.15, 0.2) is 12.7 Å². The zero-order chi connectivity index (χ0) is 15.1. The summed E-state index contributed by atoms with van der Waals surface area (Å²) in [7, 11) is 0. The van der Waals surface area contributed by atoms with Crippen LogP contribution in [0.1, 0.15) is 33.1 Å². The van der Waals surface area contributed by atoms with E-state index in [0.29, 0.717) is 12.1 Å². The molecule has 2 aliphatic rings. The van der Waals surface area contributed by atoms with Crippen LogP contribution in [-0.2, 0) is 0 Å². The van der Waals surface area contributed by atoms with Crippen molar-refractivity contribution in [1.82, 2.24) is 24.8 Å². The molecule has 22 heavy (non-hydrogen) atoms. The maximum Gasteiger partial charge on any atom is 0.182 e. The van der Waals surface area contributed by atoms with Crippen molar-refractivity contribution >= 4 is 17.0 Å². The molecule has 0 aromatic carbocycles. The Morgan fingerprint density at radius 2 is 2.09 bits per heavy atom. The Bertz CT molecular complexity index is 651. The SMILES string of the molecule is CC(C)N1CCCC[C@H]2CN(c3ncnc4nc[nH]c34)C[C@H]21. The fraction of sp³-hybridized carbons (Fsp3) is 0.688. The number of likely N-dealkylation sites (tertiary alicyclic amines) is 1. The molecule has 2 aromatic heterocycles. The van der Waals surface area contributed by atoms with Gasteiger partial charge < -0.3 is 9.88 Å². The summed E-state index contributed by atoms with van der Waals surface area (Å²) in [5.41, 5.74) is 1.73. The Hall–Kier alpha value is -1.69. The van der Waals surface area contributed by atoms with Crippen molar-refractivity contribution in [1.29, 1.82) is 0 Å². The number of anilines is 1. The second-order valence-electron chi connectivity index (χ2n) is 6.86. The largest absolute Gasteiger partial charge is 0.353 e. The highest BCUT2D eigenvalue weighted by molar-refractivity contribution is 5.82. The molecule has 0 aliphatic carbocycles. The summed E-state index contributed by atoms with van der Waals surface area (Å²) in [6.07, 6.45) is 7.36. The number of H-pyrrole nitrogens is 1. The average molecular weight is 300 g/mol. The molecule has 6 nitrogen and oxygen atoms in total. The lowest BCUT2D eigenvalue weighted by atomic mass is 9.98. The maximum atomic E-state index is 4.54. The Kier molecular flexibility index (Phi) is 3.48. The van der Waals surface area contributed by atoms with Crippen molar-refractivity contribution < 1.29 is 0 Å². The second kappa shape index (κ2) is 5.50. The van der Waals surface area contributed by atoms with Crippen LogP contribution in [-0.4, -0.2) is 56.6 Å². The second-order valence-corrected chi connectivity index (χ2v) is 6.86. The number of nitrogens with one attached hydrogen (secondary N) is 1. The van der Waals surface area contributed by atoms with E-state index in [1.807, 2.05) is 0 Å². The smallest absolute Gasteiger partial charge is 0.182 e. The van der Waals surface area contributed by atoms with E-state index >= 15 is 0 Å². The minimum Gasteiger partial charge on any atom is -0.353 e. The van der Waals surface area contributed by atoms with Gasteiger partial charge in [0.05, 0.1) is 6.33 Å². The Morgan fingerprint density at radius 1 is 1.18 bits per heavy atom. The third-order valence-electron chi connectivity index (χ3n) is 5.24. The first-order valence-corrected chi connectivity index (χ1v) is 8.39. The van der Waals surface area contributed by atoms with Crippen LogP contribution in [0, 0.1) is 5.92 Å². The summed E-state index contributed by atoms with van der Waals surface area (Å²) >= 11 is 0. The molecule has 4 heterocycles. The Labute approximate surface area is 131 Å². The van der Waals surface area contributed by atoms with Crippen molar-refractivity contribution in [2.24, 2.45) is 5.92 Å². The van der Waals surface area contributed by atoms with Crippen molar-refractivity contribution in [3.8, 4) is 0 Å². The van der Waals surface area contributed by atoms with Gasteiger partial charge in [0.1, 0.15) is 11.8 Å². The van der Waals surface area contributed by atoms with Gasteiger partial charge in [0, 0.05) is 25.2 Å². The van der Waals surface area contributed by atoms with E-state index in [0.717, 1.165) is 36.0 Å². The molecule has 2 atom stereocenters. The Balaban J connectivity index is 1.64. The van der Waals surface area contributed by atoms with Gasteiger partial charge in [-0.2, -0.15) is 0 Å². The molecule has 4 rings (SSSR count). The number of imidazole rings is 1. The lowest BCUT2D eigenvalue weighted by Crippen LogP contribution is -2.44. The van der Waals surface area contributed by atoms with Gasteiger partial charge in [0.2, 0.25) is 0 Å². The zero-order valence-corrected chi connectivity index (χ0v) is 13.4. The highest BCUT2D eigenvalue weighted by atomic mass is 15.3. The van der Waals surface area contributed by atoms with E-state index in [2.05, 4.69) is 43.6 Å². The molecule has 1 N–H and O–H groups in total. The van der Waals surface area contributed by atoms with Gasteiger partial charge in [0.25, 0.3) is 0 Å². The molecule has 0 spiro atoms. The summed E-state index contributed by atoms with van der Waals surface area (Å²) in [5.74, 6) is 1.76. The normalized spacial score (nSPS) is 26.6. The standard InChI is InChI=1S/C16H24N6/c1-11(2)22-6-4-3-5-12-7-21(8-13(12)22)16-14-15(18-9-17-14)19-10-20-16/h9-13H,3-8H2,1-2H3,(H,17,18,19,20)/t12-,13+/m0/s1. The number of hydrogen-bond donors (Lipinski definition) is 1. The van der Waals surface area contributed by atoms with Gasteiger partial charge in [0.15, 0.2) is 11.5 Å². The van der Waals surface area contributed by atoms with Gasteiger partial charge >= 0.3 is 0 Å². The third kappa shape index (κ3) is 2.26. The molecule has 0 amide bonds. The van der Waals surface area contributed by atoms with Crippen molar-refractivity contribution in [2.75, 3.05) is 24.5 Å². The predicted molar refractivity (Wildman–Crippen MR) is 86.9 cm³/mol. The topological polar surface area (TPSA) is 60.9 Å². The summed E-state index contributed by atoms with van der Waals surface area (Å²) < 4.78 is 0. The van der Waals surface area contributed by atoms with Gasteiger partial charge in [-0.05, 0) is 39.2 Å². The highest BCUT2D eigenvalue weighted by Gasteiger charge is 2.39. The lowest BCUT2D eigenvalue weighted by molar-refractivity contribution is 0.147. The van der Waals surface area contributed by atoms with E-state index in [9.17, 15) is 0 Å². The van der Waals surface area contributed by atoms with E-state index in [1.165, 1.54) is 25.8 Å². The van der Waals surface area contributed by atoms with Crippen molar-refractivity contribution in [3.63, 3.8) is 0 Å². The number of fused-ring (bicyclic) bond motifs is 2. The molecule has 2 aromatic rings. The van der Waals surface area contributed by atoms with Crippen molar-refractivity contribution in [2.45, 2.75) is 45.2 Å². The number of aromatic amines is 1. The van der Waals surface area contributed by atoms with Gasteiger partial charge in [-0.25, -0.2) is 15.0 Å². The fourth-order valence-corrected chi connectivity index (χ4v) is 4.19. The van der Waals surface area contributed by atoms with Crippen molar-refractivity contribution in [3.05, 3.63) is 12.7 Å². The number of rotatable bonds is 2. The quantitative estimate of drug-likeness (QED) is 0.920. The van der Waals surface area contributed by atoms with E-state index in [1.54, 1.807) is 12.7 Å². The first-order valence-electron chi connectivity index (χ1n) is 8.39. The first-order chi connectivity index (χ1) is 10.7. The molecule has 2 fully saturated rings. The number of nitrogens with zero attached hydrogens (tertiary/aromatic N) is 5. The first kappa shape index (κ1) is 13.9. The fourth-order valence-electron chi connectivity index (χ4n) is 4.19. The molecule has 0 bridgehead atoms. The minimum absolute atomic E-state index is 0.614. The van der Waals surface area contributed by atoms with Crippen LogP contribution in [0.2, 0.25) is 0 Å². The summed E-state index contributed by atoms with van der Waals surface area (Å²) in [5, 5.41) is 0. The summed E-state index contributed by atoms with van der Waals surface area (Å²) in [6.45, 7) is 8.04. The van der Waals surface area contributed by atoms with E-state index < -0.39 is 0 Å². The molecule has 2 saturated heterocycles. The molecule has 0 unspecified atom stereocenters. The monoisotopic (exact) mass is 300 g/mol. The van der Waals surface area contributed by atoms with Gasteiger partial charge in [-0.3, -0.25) is 4.90 Å². The minimum atomic E-state index is 0.614. The van der Waals surface area contributed by atoms with Crippen LogP contribution in [0.3, 0.4) is 0 Å². The van der Waals surface area contributed by atoms with E-state index in [-0.39, 0.29) is 0 Å². The lowest BCUT2D eigenvalue weighted by Gasteiger charge is -2.33. The van der Waals surface area contributed by atoms with Crippen LogP contribution in [0.25, 0.3) is 11.2 Å². The van der Waals surface area contributed by atoms with Crippen LogP contribution < -0.4 is 4.90 Å². The van der Waals surface area contributed by atoms with Crippen LogP contribution in [0.5, 0.6) is 0 Å². The molecule has 2 aliphatic heterocycles. The van der Waals surface area contributed by atoms with Crippen LogP contribution in [0.4, 0.5) is 5.82 Å². The average Bonchev–Trinajstić information content (AvgIpc) is 3.09.